The van der Waals surface area contributed by atoms with E-state index in [1.807, 2.05) is 0 Å². The second-order valence-electron chi connectivity index (χ2n) is 5.67. The summed E-state index contributed by atoms with van der Waals surface area (Å²) >= 11 is 3.58. The Labute approximate surface area is 138 Å². The molecular weight excluding hydrogens is 342 g/mol. The third-order valence-corrected chi connectivity index (χ3v) is 4.83. The molecule has 0 spiro atoms. The molecule has 22 heavy (non-hydrogen) atoms. The van der Waals surface area contributed by atoms with Crippen LogP contribution in [0.25, 0.3) is 21.8 Å². The summed E-state index contributed by atoms with van der Waals surface area (Å²) in [6.07, 6.45) is 0. The van der Waals surface area contributed by atoms with Gasteiger partial charge in [0, 0.05) is 34.4 Å². The zero-order valence-corrected chi connectivity index (χ0v) is 14.7. The first-order valence-corrected chi connectivity index (χ1v) is 8.18. The highest BCUT2D eigenvalue weighted by atomic mass is 79.9. The molecule has 3 aromatic rings. The molecule has 1 heterocycles. The minimum atomic E-state index is 0.0708. The minimum Gasteiger partial charge on any atom is -0.392 e. The van der Waals surface area contributed by atoms with E-state index >= 15 is 0 Å². The number of aromatic nitrogens is 1. The van der Waals surface area contributed by atoms with Crippen LogP contribution in [0, 0.1) is 13.8 Å². The monoisotopic (exact) mass is 361 g/mol. The number of aliphatic hydroxyl groups is 1. The molecule has 4 heteroatoms. The Bertz CT molecular complexity index is 852. The Morgan fingerprint density at radius 2 is 2.00 bits per heavy atom. The summed E-state index contributed by atoms with van der Waals surface area (Å²) in [5.74, 6) is 0. The summed E-state index contributed by atoms with van der Waals surface area (Å²) in [4.78, 5) is 0. The molecule has 0 bridgehead atoms. The molecule has 3 nitrogen and oxygen atoms in total. The van der Waals surface area contributed by atoms with E-state index in [1.165, 1.54) is 27.4 Å². The predicted octanol–water partition coefficient (Wildman–Crippen LogP) is 4.31. The lowest BCUT2D eigenvalue weighted by Gasteiger charge is -2.11. The fourth-order valence-corrected chi connectivity index (χ4v) is 3.66. The number of aliphatic hydroxyl groups excluding tert-OH is 1. The van der Waals surface area contributed by atoms with Crippen molar-refractivity contribution < 1.29 is 9.84 Å². The lowest BCUT2D eigenvalue weighted by Crippen LogP contribution is -2.05. The summed E-state index contributed by atoms with van der Waals surface area (Å²) in [5, 5.41) is 12.1. The van der Waals surface area contributed by atoms with Gasteiger partial charge in [0.25, 0.3) is 0 Å². The van der Waals surface area contributed by atoms with Crippen LogP contribution in [0.15, 0.2) is 28.7 Å². The van der Waals surface area contributed by atoms with Gasteiger partial charge in [0.2, 0.25) is 0 Å². The van der Waals surface area contributed by atoms with Gasteiger partial charge in [-0.05, 0) is 48.7 Å². The van der Waals surface area contributed by atoms with Crippen LogP contribution in [0.5, 0.6) is 0 Å². The standard InChI is InChI=1S/C18H20BrNO2/c1-11-8-13(10-21)12(2)17-15-9-14(19)4-5-16(15)20(18(11)17)6-7-22-3/h4-5,8-9,21H,6-7,10H2,1-3H3. The fraction of sp³-hybridized carbons (Fsp3) is 0.333. The van der Waals surface area contributed by atoms with Gasteiger partial charge in [-0.1, -0.05) is 22.0 Å². The first-order valence-electron chi connectivity index (χ1n) is 7.38. The highest BCUT2D eigenvalue weighted by molar-refractivity contribution is 9.10. The number of hydrogen-bond acceptors (Lipinski definition) is 2. The van der Waals surface area contributed by atoms with Crippen LogP contribution in [-0.2, 0) is 17.9 Å². The topological polar surface area (TPSA) is 34.4 Å². The van der Waals surface area contributed by atoms with Gasteiger partial charge < -0.3 is 14.4 Å². The molecule has 0 aliphatic carbocycles. The van der Waals surface area contributed by atoms with E-state index in [0.29, 0.717) is 6.61 Å². The average Bonchev–Trinajstić information content (AvgIpc) is 2.83. The predicted molar refractivity (Wildman–Crippen MR) is 94.4 cm³/mol. The molecule has 0 saturated carbocycles. The maximum Gasteiger partial charge on any atom is 0.0684 e. The molecule has 116 valence electrons. The maximum atomic E-state index is 9.64. The number of ether oxygens (including phenoxy) is 1. The number of benzene rings is 2. The number of fused-ring (bicyclic) bond motifs is 3. The smallest absolute Gasteiger partial charge is 0.0684 e. The molecule has 0 atom stereocenters. The van der Waals surface area contributed by atoms with Gasteiger partial charge in [-0.3, -0.25) is 0 Å². The van der Waals surface area contributed by atoms with Crippen LogP contribution in [0.3, 0.4) is 0 Å². The van der Waals surface area contributed by atoms with Crippen molar-refractivity contribution in [3.8, 4) is 0 Å². The number of rotatable bonds is 4. The van der Waals surface area contributed by atoms with Gasteiger partial charge in [0.05, 0.1) is 18.7 Å². The van der Waals surface area contributed by atoms with Gasteiger partial charge in [-0.2, -0.15) is 0 Å². The van der Waals surface area contributed by atoms with Crippen molar-refractivity contribution in [1.29, 1.82) is 0 Å². The number of nitrogens with zero attached hydrogens (tertiary/aromatic N) is 1. The molecule has 0 aliphatic rings. The molecule has 0 aliphatic heterocycles. The van der Waals surface area contributed by atoms with E-state index in [4.69, 9.17) is 4.74 Å². The molecule has 0 amide bonds. The third-order valence-electron chi connectivity index (χ3n) is 4.34. The van der Waals surface area contributed by atoms with Gasteiger partial charge in [-0.15, -0.1) is 0 Å². The minimum absolute atomic E-state index is 0.0708. The normalized spacial score (nSPS) is 11.7. The van der Waals surface area contributed by atoms with Gasteiger partial charge in [0.15, 0.2) is 0 Å². The largest absolute Gasteiger partial charge is 0.392 e. The second-order valence-corrected chi connectivity index (χ2v) is 6.58. The van der Waals surface area contributed by atoms with Gasteiger partial charge in [0.1, 0.15) is 0 Å². The van der Waals surface area contributed by atoms with E-state index in [0.717, 1.165) is 22.1 Å². The Morgan fingerprint density at radius 3 is 2.68 bits per heavy atom. The van der Waals surface area contributed by atoms with Crippen molar-refractivity contribution in [3.63, 3.8) is 0 Å². The quantitative estimate of drug-likeness (QED) is 0.750. The van der Waals surface area contributed by atoms with Crippen LogP contribution in [0.4, 0.5) is 0 Å². The SMILES string of the molecule is COCCn1c2ccc(Br)cc2c2c(C)c(CO)cc(C)c21. The van der Waals surface area contributed by atoms with Crippen LogP contribution in [0.2, 0.25) is 0 Å². The van der Waals surface area contributed by atoms with Crippen molar-refractivity contribution in [1.82, 2.24) is 4.57 Å². The van der Waals surface area contributed by atoms with E-state index in [9.17, 15) is 5.11 Å². The first kappa shape index (κ1) is 15.5. The summed E-state index contributed by atoms with van der Waals surface area (Å²) in [5.41, 5.74) is 5.78. The number of aryl methyl sites for hydroxylation is 2. The van der Waals surface area contributed by atoms with Crippen molar-refractivity contribution in [3.05, 3.63) is 45.4 Å². The Kier molecular flexibility index (Phi) is 4.26. The molecule has 0 saturated heterocycles. The van der Waals surface area contributed by atoms with Crippen LogP contribution in [-0.4, -0.2) is 23.4 Å². The molecule has 0 fully saturated rings. The number of methoxy groups -OCH3 is 1. The summed E-state index contributed by atoms with van der Waals surface area (Å²) in [6.45, 7) is 5.76. The molecule has 2 aromatic carbocycles. The Hall–Kier alpha value is -1.36. The second kappa shape index (κ2) is 6.03. The van der Waals surface area contributed by atoms with E-state index in [2.05, 4.69) is 58.6 Å². The lowest BCUT2D eigenvalue weighted by molar-refractivity contribution is 0.189. The van der Waals surface area contributed by atoms with E-state index in [-0.39, 0.29) is 6.61 Å². The van der Waals surface area contributed by atoms with Crippen molar-refractivity contribution >= 4 is 37.7 Å². The van der Waals surface area contributed by atoms with Crippen LogP contribution < -0.4 is 0 Å². The van der Waals surface area contributed by atoms with Crippen molar-refractivity contribution in [2.45, 2.75) is 27.0 Å². The maximum absolute atomic E-state index is 9.64. The van der Waals surface area contributed by atoms with E-state index < -0.39 is 0 Å². The van der Waals surface area contributed by atoms with E-state index in [1.54, 1.807) is 7.11 Å². The highest BCUT2D eigenvalue weighted by Gasteiger charge is 2.17. The zero-order valence-electron chi connectivity index (χ0n) is 13.1. The van der Waals surface area contributed by atoms with Crippen LogP contribution in [0.1, 0.15) is 16.7 Å². The summed E-state index contributed by atoms with van der Waals surface area (Å²) in [6, 6.07) is 8.47. The lowest BCUT2D eigenvalue weighted by atomic mass is 9.99. The Morgan fingerprint density at radius 1 is 1.23 bits per heavy atom. The van der Waals surface area contributed by atoms with Crippen LogP contribution >= 0.6 is 15.9 Å². The molecular formula is C18H20BrNO2. The third kappa shape index (κ3) is 2.35. The molecule has 1 N–H and O–H groups in total. The van der Waals surface area contributed by atoms with Crippen molar-refractivity contribution in [2.75, 3.05) is 13.7 Å². The highest BCUT2D eigenvalue weighted by Crippen LogP contribution is 2.36. The van der Waals surface area contributed by atoms with Gasteiger partial charge in [-0.25, -0.2) is 0 Å². The number of hydrogen-bond donors (Lipinski definition) is 1. The molecule has 1 aromatic heterocycles. The van der Waals surface area contributed by atoms with Gasteiger partial charge >= 0.3 is 0 Å². The number of halogens is 1. The molecule has 3 rings (SSSR count). The van der Waals surface area contributed by atoms with Crippen molar-refractivity contribution in [2.24, 2.45) is 0 Å². The fourth-order valence-electron chi connectivity index (χ4n) is 3.29. The summed E-state index contributed by atoms with van der Waals surface area (Å²) < 4.78 is 8.67. The Balaban J connectivity index is 2.47. The zero-order chi connectivity index (χ0) is 15.9. The first-order chi connectivity index (χ1) is 10.6. The average molecular weight is 362 g/mol. The molecule has 0 radical (unpaired) electrons. The molecule has 0 unspecified atom stereocenters. The summed E-state index contributed by atoms with van der Waals surface area (Å²) in [7, 11) is 1.73.